The smallest absolute Gasteiger partial charge is 0.119 e. The summed E-state index contributed by atoms with van der Waals surface area (Å²) in [5, 5.41) is 0.0529. The molecule has 0 aliphatic heterocycles. The normalized spacial score (nSPS) is 17.9. The van der Waals surface area contributed by atoms with Gasteiger partial charge in [0, 0.05) is 12.6 Å². The molecule has 1 aromatic carbocycles. The Labute approximate surface area is 134 Å². The molecule has 1 atom stereocenters. The maximum atomic E-state index is 6.59. The van der Waals surface area contributed by atoms with E-state index < -0.39 is 0 Å². The molecule has 0 saturated heterocycles. The third-order valence-electron chi connectivity index (χ3n) is 4.36. The zero-order valence-electron chi connectivity index (χ0n) is 13.4. The van der Waals surface area contributed by atoms with Gasteiger partial charge >= 0.3 is 0 Å². The van der Waals surface area contributed by atoms with Crippen LogP contribution >= 0.6 is 11.6 Å². The van der Waals surface area contributed by atoms with E-state index in [1.165, 1.54) is 37.7 Å². The first-order valence-corrected chi connectivity index (χ1v) is 8.71. The second-order valence-electron chi connectivity index (χ2n) is 6.12. The third kappa shape index (κ3) is 5.19. The van der Waals surface area contributed by atoms with Crippen LogP contribution in [0.4, 0.5) is 0 Å². The first kappa shape index (κ1) is 16.6. The van der Waals surface area contributed by atoms with Crippen molar-refractivity contribution < 1.29 is 4.74 Å². The van der Waals surface area contributed by atoms with Gasteiger partial charge in [-0.2, -0.15) is 0 Å². The monoisotopic (exact) mass is 309 g/mol. The Bertz CT molecular complexity index is 400. The maximum absolute atomic E-state index is 6.59. The molecule has 1 saturated carbocycles. The van der Waals surface area contributed by atoms with E-state index in [-0.39, 0.29) is 5.38 Å². The molecule has 1 unspecified atom stereocenters. The van der Waals surface area contributed by atoms with Gasteiger partial charge in [0.25, 0.3) is 0 Å². The molecular weight excluding hydrogens is 282 g/mol. The summed E-state index contributed by atoms with van der Waals surface area (Å²) in [5.74, 6) is 0.935. The van der Waals surface area contributed by atoms with Crippen molar-refractivity contribution in [2.45, 2.75) is 56.9 Å². The second-order valence-corrected chi connectivity index (χ2v) is 6.64. The molecule has 0 aromatic heterocycles. The molecule has 0 bridgehead atoms. The number of hydrogen-bond acceptors (Lipinski definition) is 2. The average molecular weight is 310 g/mol. The highest BCUT2D eigenvalue weighted by atomic mass is 35.5. The van der Waals surface area contributed by atoms with Crippen molar-refractivity contribution in [3.05, 3.63) is 29.8 Å². The van der Waals surface area contributed by atoms with Crippen LogP contribution in [0, 0.1) is 0 Å². The number of alkyl halides is 1. The molecular formula is C18H28ClNO. The van der Waals surface area contributed by atoms with Crippen LogP contribution in [-0.2, 0) is 0 Å². The van der Waals surface area contributed by atoms with Crippen LogP contribution in [0.3, 0.4) is 0 Å². The van der Waals surface area contributed by atoms with Gasteiger partial charge < -0.3 is 9.64 Å². The summed E-state index contributed by atoms with van der Waals surface area (Å²) in [7, 11) is 2.21. The van der Waals surface area contributed by atoms with Crippen molar-refractivity contribution >= 4 is 11.6 Å². The lowest BCUT2D eigenvalue weighted by molar-refractivity contribution is 0.192. The fraction of sp³-hybridized carbons (Fsp3) is 0.667. The molecule has 118 valence electrons. The Hall–Kier alpha value is -0.730. The van der Waals surface area contributed by atoms with E-state index in [2.05, 4.69) is 31.0 Å². The molecule has 0 radical (unpaired) electrons. The Morgan fingerprint density at radius 1 is 1.19 bits per heavy atom. The zero-order chi connectivity index (χ0) is 15.1. The summed E-state index contributed by atoms with van der Waals surface area (Å²) in [6.45, 7) is 3.81. The molecule has 3 heteroatoms. The fourth-order valence-corrected chi connectivity index (χ4v) is 3.39. The lowest BCUT2D eigenvalue weighted by Gasteiger charge is -2.32. The van der Waals surface area contributed by atoms with E-state index in [4.69, 9.17) is 16.3 Å². The Morgan fingerprint density at radius 2 is 1.86 bits per heavy atom. The molecule has 0 N–H and O–H groups in total. The van der Waals surface area contributed by atoms with Crippen LogP contribution in [0.1, 0.15) is 56.4 Å². The minimum atomic E-state index is 0.0529. The molecule has 21 heavy (non-hydrogen) atoms. The third-order valence-corrected chi connectivity index (χ3v) is 4.75. The second kappa shape index (κ2) is 8.65. The SMILES string of the molecule is CCCOc1ccc(C(Cl)CN(C)C2CCCCC2)cc1. The van der Waals surface area contributed by atoms with E-state index in [1.54, 1.807) is 0 Å². The molecule has 0 amide bonds. The molecule has 0 spiro atoms. The van der Waals surface area contributed by atoms with Gasteiger partial charge in [0.15, 0.2) is 0 Å². The Balaban J connectivity index is 1.85. The minimum Gasteiger partial charge on any atom is -0.494 e. The Kier molecular flexibility index (Phi) is 6.85. The van der Waals surface area contributed by atoms with Gasteiger partial charge in [0.2, 0.25) is 0 Å². The van der Waals surface area contributed by atoms with Gasteiger partial charge in [-0.3, -0.25) is 0 Å². The number of likely N-dealkylation sites (N-methyl/N-ethyl adjacent to an activating group) is 1. The van der Waals surface area contributed by atoms with E-state index in [1.807, 2.05) is 12.1 Å². The van der Waals surface area contributed by atoms with Crippen molar-refractivity contribution in [1.29, 1.82) is 0 Å². The van der Waals surface area contributed by atoms with Crippen LogP contribution in [0.15, 0.2) is 24.3 Å². The van der Waals surface area contributed by atoms with Gasteiger partial charge in [0.05, 0.1) is 12.0 Å². The first-order chi connectivity index (χ1) is 10.2. The summed E-state index contributed by atoms with van der Waals surface area (Å²) < 4.78 is 5.61. The van der Waals surface area contributed by atoms with Gasteiger partial charge in [-0.25, -0.2) is 0 Å². The quantitative estimate of drug-likeness (QED) is 0.656. The van der Waals surface area contributed by atoms with Crippen molar-refractivity contribution in [3.63, 3.8) is 0 Å². The van der Waals surface area contributed by atoms with E-state index in [9.17, 15) is 0 Å². The van der Waals surface area contributed by atoms with Gasteiger partial charge in [-0.15, -0.1) is 11.6 Å². The molecule has 2 rings (SSSR count). The molecule has 1 aliphatic rings. The number of halogens is 1. The van der Waals surface area contributed by atoms with Crippen LogP contribution in [0.25, 0.3) is 0 Å². The number of hydrogen-bond donors (Lipinski definition) is 0. The number of nitrogens with zero attached hydrogens (tertiary/aromatic N) is 1. The summed E-state index contributed by atoms with van der Waals surface area (Å²) in [6.07, 6.45) is 7.81. The van der Waals surface area contributed by atoms with Crippen molar-refractivity contribution in [3.8, 4) is 5.75 Å². The standard InChI is InChI=1S/C18H28ClNO/c1-3-13-21-17-11-9-15(10-12-17)18(19)14-20(2)16-7-5-4-6-8-16/h9-12,16,18H,3-8,13-14H2,1-2H3. The van der Waals surface area contributed by atoms with Gasteiger partial charge in [-0.05, 0) is 44.0 Å². The largest absolute Gasteiger partial charge is 0.494 e. The Morgan fingerprint density at radius 3 is 2.48 bits per heavy atom. The van der Waals surface area contributed by atoms with Crippen LogP contribution in [0.2, 0.25) is 0 Å². The highest BCUT2D eigenvalue weighted by molar-refractivity contribution is 6.21. The van der Waals surface area contributed by atoms with Gasteiger partial charge in [-0.1, -0.05) is 38.3 Å². The number of ether oxygens (including phenoxy) is 1. The predicted molar refractivity (Wildman–Crippen MR) is 90.3 cm³/mol. The van der Waals surface area contributed by atoms with Crippen molar-refractivity contribution in [1.82, 2.24) is 4.90 Å². The molecule has 1 fully saturated rings. The molecule has 2 nitrogen and oxygen atoms in total. The highest BCUT2D eigenvalue weighted by Crippen LogP contribution is 2.27. The van der Waals surface area contributed by atoms with Crippen LogP contribution in [0.5, 0.6) is 5.75 Å². The summed E-state index contributed by atoms with van der Waals surface area (Å²) >= 11 is 6.59. The average Bonchev–Trinajstić information content (AvgIpc) is 2.54. The maximum Gasteiger partial charge on any atom is 0.119 e. The van der Waals surface area contributed by atoms with Crippen molar-refractivity contribution in [2.24, 2.45) is 0 Å². The van der Waals surface area contributed by atoms with E-state index >= 15 is 0 Å². The fourth-order valence-electron chi connectivity index (χ4n) is 3.02. The van der Waals surface area contributed by atoms with Gasteiger partial charge in [0.1, 0.15) is 5.75 Å². The molecule has 1 aliphatic carbocycles. The molecule has 1 aromatic rings. The summed E-state index contributed by atoms with van der Waals surface area (Å²) in [5.41, 5.74) is 1.18. The first-order valence-electron chi connectivity index (χ1n) is 8.27. The minimum absolute atomic E-state index is 0.0529. The van der Waals surface area contributed by atoms with Crippen LogP contribution in [-0.4, -0.2) is 31.1 Å². The van der Waals surface area contributed by atoms with E-state index in [0.29, 0.717) is 6.04 Å². The lowest BCUT2D eigenvalue weighted by Crippen LogP contribution is -2.35. The van der Waals surface area contributed by atoms with Crippen molar-refractivity contribution in [2.75, 3.05) is 20.2 Å². The lowest BCUT2D eigenvalue weighted by atomic mass is 9.94. The summed E-state index contributed by atoms with van der Waals surface area (Å²) in [4.78, 5) is 2.44. The number of rotatable bonds is 7. The highest BCUT2D eigenvalue weighted by Gasteiger charge is 2.20. The predicted octanol–water partition coefficient (Wildman–Crippen LogP) is 5.02. The topological polar surface area (TPSA) is 12.5 Å². The summed E-state index contributed by atoms with van der Waals surface area (Å²) in [6, 6.07) is 8.96. The number of benzene rings is 1. The van der Waals surface area contributed by atoms with E-state index in [0.717, 1.165) is 25.3 Å². The molecule has 0 heterocycles. The van der Waals surface area contributed by atoms with Crippen LogP contribution < -0.4 is 4.74 Å². The zero-order valence-corrected chi connectivity index (χ0v) is 14.1.